The number of aliphatic hydroxyl groups excluding tert-OH is 1. The molecule has 1 aromatic carbocycles. The maximum absolute atomic E-state index is 13.7. The van der Waals surface area contributed by atoms with E-state index in [1.807, 2.05) is 11.0 Å². The first-order valence-electron chi connectivity index (χ1n) is 7.72. The first kappa shape index (κ1) is 15.2. The number of nitrogens with zero attached hydrogens (tertiary/aromatic N) is 2. The first-order valence-corrected chi connectivity index (χ1v) is 7.72. The Morgan fingerprint density at radius 1 is 1.32 bits per heavy atom. The minimum Gasteiger partial charge on any atom is -0.489 e. The van der Waals surface area contributed by atoms with Gasteiger partial charge in [-0.25, -0.2) is 4.39 Å². The van der Waals surface area contributed by atoms with Crippen molar-refractivity contribution in [3.8, 4) is 5.75 Å². The molecule has 0 spiro atoms. The minimum atomic E-state index is -0.600. The molecule has 2 aliphatic rings. The number of carbonyl (C=O) groups excluding carboxylic acids is 1. The Morgan fingerprint density at radius 3 is 2.95 bits per heavy atom. The average Bonchev–Trinajstić information content (AvgIpc) is 2.75. The number of rotatable bonds is 4. The van der Waals surface area contributed by atoms with Gasteiger partial charge >= 0.3 is 0 Å². The lowest BCUT2D eigenvalue weighted by Gasteiger charge is -2.25. The van der Waals surface area contributed by atoms with Gasteiger partial charge in [-0.3, -0.25) is 9.69 Å². The highest BCUT2D eigenvalue weighted by Crippen LogP contribution is 2.26. The van der Waals surface area contributed by atoms with Crippen molar-refractivity contribution < 1.29 is 19.0 Å². The van der Waals surface area contributed by atoms with Gasteiger partial charge in [0.25, 0.3) is 0 Å². The number of hydrogen-bond acceptors (Lipinski definition) is 4. The van der Waals surface area contributed by atoms with Crippen molar-refractivity contribution in [1.82, 2.24) is 9.80 Å². The van der Waals surface area contributed by atoms with E-state index >= 15 is 0 Å². The highest BCUT2D eigenvalue weighted by atomic mass is 19.1. The topological polar surface area (TPSA) is 53.0 Å². The molecule has 1 N–H and O–H groups in total. The number of para-hydroxylation sites is 1. The largest absolute Gasteiger partial charge is 0.489 e. The fourth-order valence-electron chi connectivity index (χ4n) is 3.10. The molecular formula is C16H21FN2O3. The number of halogens is 1. The normalized spacial score (nSPS) is 20.5. The van der Waals surface area contributed by atoms with Crippen LogP contribution in [0.2, 0.25) is 0 Å². The molecule has 0 aromatic heterocycles. The first-order chi connectivity index (χ1) is 10.6. The molecule has 22 heavy (non-hydrogen) atoms. The zero-order valence-corrected chi connectivity index (χ0v) is 12.5. The molecule has 0 aliphatic carbocycles. The van der Waals surface area contributed by atoms with Crippen LogP contribution in [0.25, 0.3) is 0 Å². The van der Waals surface area contributed by atoms with E-state index < -0.39 is 6.10 Å². The van der Waals surface area contributed by atoms with Crippen molar-refractivity contribution in [2.75, 3.05) is 32.8 Å². The SMILES string of the molecule is O=C1CCCN1CC(O)CN1CCOc2c(F)cccc2C1. The highest BCUT2D eigenvalue weighted by Gasteiger charge is 2.25. The van der Waals surface area contributed by atoms with Gasteiger partial charge in [-0.1, -0.05) is 12.1 Å². The van der Waals surface area contributed by atoms with Crippen LogP contribution >= 0.6 is 0 Å². The molecule has 5 nitrogen and oxygen atoms in total. The number of likely N-dealkylation sites (tertiary alicyclic amines) is 1. The molecule has 1 aromatic rings. The van der Waals surface area contributed by atoms with E-state index in [1.54, 1.807) is 11.0 Å². The summed E-state index contributed by atoms with van der Waals surface area (Å²) in [4.78, 5) is 15.4. The van der Waals surface area contributed by atoms with Gasteiger partial charge < -0.3 is 14.7 Å². The van der Waals surface area contributed by atoms with E-state index in [9.17, 15) is 14.3 Å². The molecule has 0 bridgehead atoms. The van der Waals surface area contributed by atoms with E-state index in [4.69, 9.17) is 4.74 Å². The van der Waals surface area contributed by atoms with Crippen LogP contribution in [0.1, 0.15) is 18.4 Å². The lowest BCUT2D eigenvalue weighted by molar-refractivity contribution is -0.129. The maximum Gasteiger partial charge on any atom is 0.222 e. The summed E-state index contributed by atoms with van der Waals surface area (Å²) in [7, 11) is 0. The highest BCUT2D eigenvalue weighted by molar-refractivity contribution is 5.78. The van der Waals surface area contributed by atoms with E-state index in [1.165, 1.54) is 6.07 Å². The fraction of sp³-hybridized carbons (Fsp3) is 0.562. The summed E-state index contributed by atoms with van der Waals surface area (Å²) in [5, 5.41) is 10.2. The Bertz CT molecular complexity index is 552. The van der Waals surface area contributed by atoms with Gasteiger partial charge in [-0.05, 0) is 12.5 Å². The number of amides is 1. The fourth-order valence-corrected chi connectivity index (χ4v) is 3.10. The number of hydrogen-bond donors (Lipinski definition) is 1. The van der Waals surface area contributed by atoms with E-state index in [2.05, 4.69) is 0 Å². The summed E-state index contributed by atoms with van der Waals surface area (Å²) < 4.78 is 19.2. The second kappa shape index (κ2) is 6.62. The Hall–Kier alpha value is -1.66. The van der Waals surface area contributed by atoms with Crippen molar-refractivity contribution in [3.63, 3.8) is 0 Å². The van der Waals surface area contributed by atoms with E-state index in [0.717, 1.165) is 18.5 Å². The minimum absolute atomic E-state index is 0.116. The number of ether oxygens (including phenoxy) is 1. The Balaban J connectivity index is 1.59. The lowest BCUT2D eigenvalue weighted by Crippen LogP contribution is -2.41. The molecule has 0 saturated carbocycles. The number of carbonyl (C=O) groups is 1. The summed E-state index contributed by atoms with van der Waals surface area (Å²) in [6.07, 6.45) is 0.851. The van der Waals surface area contributed by atoms with E-state index in [-0.39, 0.29) is 11.7 Å². The molecule has 120 valence electrons. The molecule has 3 rings (SSSR count). The van der Waals surface area contributed by atoms with Crippen LogP contribution in [0.4, 0.5) is 4.39 Å². The Kier molecular flexibility index (Phi) is 4.59. The van der Waals surface area contributed by atoms with Crippen LogP contribution in [0.3, 0.4) is 0 Å². The van der Waals surface area contributed by atoms with Crippen LogP contribution in [-0.2, 0) is 11.3 Å². The number of β-amino-alcohol motifs (C(OH)–C–C–N with tert-alkyl or cyclic N) is 1. The van der Waals surface area contributed by atoms with Crippen LogP contribution in [0, 0.1) is 5.82 Å². The molecule has 0 radical (unpaired) electrons. The summed E-state index contributed by atoms with van der Waals surface area (Å²) >= 11 is 0. The van der Waals surface area contributed by atoms with E-state index in [0.29, 0.717) is 45.0 Å². The molecule has 6 heteroatoms. The van der Waals surface area contributed by atoms with Crippen LogP contribution in [0.5, 0.6) is 5.75 Å². The third kappa shape index (κ3) is 3.39. The standard InChI is InChI=1S/C16H21FN2O3/c17-14-4-1-3-12-9-18(7-8-22-16(12)14)10-13(20)11-19-6-2-5-15(19)21/h1,3-4,13,20H,2,5-11H2. The van der Waals surface area contributed by atoms with Crippen LogP contribution in [0.15, 0.2) is 18.2 Å². The predicted octanol–water partition coefficient (Wildman–Crippen LogP) is 1.00. The monoisotopic (exact) mass is 308 g/mol. The summed E-state index contributed by atoms with van der Waals surface area (Å²) in [5.41, 5.74) is 0.793. The lowest BCUT2D eigenvalue weighted by atomic mass is 10.1. The molecule has 1 amide bonds. The molecule has 2 aliphatic heterocycles. The smallest absolute Gasteiger partial charge is 0.222 e. The van der Waals surface area contributed by atoms with Gasteiger partial charge in [0, 0.05) is 44.7 Å². The van der Waals surface area contributed by atoms with Crippen LogP contribution < -0.4 is 4.74 Å². The van der Waals surface area contributed by atoms with Crippen molar-refractivity contribution in [2.45, 2.75) is 25.5 Å². The molecule has 2 heterocycles. The number of benzene rings is 1. The summed E-state index contributed by atoms with van der Waals surface area (Å²) in [6.45, 7) is 3.10. The molecule has 1 saturated heterocycles. The second-order valence-corrected chi connectivity index (χ2v) is 5.91. The molecular weight excluding hydrogens is 287 g/mol. The zero-order valence-electron chi connectivity index (χ0n) is 12.5. The van der Waals surface area contributed by atoms with Crippen molar-refractivity contribution in [3.05, 3.63) is 29.6 Å². The Labute approximate surface area is 129 Å². The van der Waals surface area contributed by atoms with Gasteiger partial charge in [-0.15, -0.1) is 0 Å². The van der Waals surface area contributed by atoms with Gasteiger partial charge in [0.2, 0.25) is 5.91 Å². The van der Waals surface area contributed by atoms with Gasteiger partial charge in [0.05, 0.1) is 6.10 Å². The maximum atomic E-state index is 13.7. The Morgan fingerprint density at radius 2 is 2.18 bits per heavy atom. The molecule has 1 unspecified atom stereocenters. The molecule has 1 atom stereocenters. The molecule has 1 fully saturated rings. The van der Waals surface area contributed by atoms with Crippen LogP contribution in [-0.4, -0.2) is 59.7 Å². The van der Waals surface area contributed by atoms with Gasteiger partial charge in [0.1, 0.15) is 6.61 Å². The van der Waals surface area contributed by atoms with Gasteiger partial charge in [0.15, 0.2) is 11.6 Å². The summed E-state index contributed by atoms with van der Waals surface area (Å²) in [5.74, 6) is 0.0856. The number of fused-ring (bicyclic) bond motifs is 1. The van der Waals surface area contributed by atoms with Crippen molar-refractivity contribution in [1.29, 1.82) is 0 Å². The second-order valence-electron chi connectivity index (χ2n) is 5.91. The van der Waals surface area contributed by atoms with Crippen molar-refractivity contribution in [2.24, 2.45) is 0 Å². The van der Waals surface area contributed by atoms with Gasteiger partial charge in [-0.2, -0.15) is 0 Å². The zero-order chi connectivity index (χ0) is 15.5. The third-order valence-corrected chi connectivity index (χ3v) is 4.17. The number of aliphatic hydroxyl groups is 1. The average molecular weight is 308 g/mol. The quantitative estimate of drug-likeness (QED) is 0.902. The third-order valence-electron chi connectivity index (χ3n) is 4.17. The predicted molar refractivity (Wildman–Crippen MR) is 79.0 cm³/mol. The van der Waals surface area contributed by atoms with Crippen molar-refractivity contribution >= 4 is 5.91 Å². The summed E-state index contributed by atoms with van der Waals surface area (Å²) in [6, 6.07) is 4.90.